The molecule has 0 bridgehead atoms. The molecule has 0 N–H and O–H groups in total. The number of ether oxygens (including phenoxy) is 1. The van der Waals surface area contributed by atoms with Gasteiger partial charge in [0.25, 0.3) is 0 Å². The first-order valence-corrected chi connectivity index (χ1v) is 6.38. The molecule has 1 aromatic carbocycles. The van der Waals surface area contributed by atoms with Crippen LogP contribution in [0.2, 0.25) is 0 Å². The Morgan fingerprint density at radius 2 is 1.83 bits per heavy atom. The van der Waals surface area contributed by atoms with Gasteiger partial charge in [0.05, 0.1) is 5.88 Å². The van der Waals surface area contributed by atoms with Crippen molar-refractivity contribution in [1.29, 1.82) is 0 Å². The molecular weight excluding hydrogens is 248 g/mol. The summed E-state index contributed by atoms with van der Waals surface area (Å²) >= 11 is 5.69. The van der Waals surface area contributed by atoms with E-state index in [1.54, 1.807) is 12.4 Å². The maximum atomic E-state index is 5.70. The zero-order valence-electron chi connectivity index (χ0n) is 10.4. The molecule has 18 heavy (non-hydrogen) atoms. The van der Waals surface area contributed by atoms with E-state index in [1.807, 2.05) is 24.3 Å². The van der Waals surface area contributed by atoms with Crippen LogP contribution in [0.4, 0.5) is 0 Å². The Hall–Kier alpha value is -1.61. The lowest BCUT2D eigenvalue weighted by molar-refractivity contribution is 0.434. The Balaban J connectivity index is 2.22. The molecule has 0 saturated carbocycles. The molecule has 4 heteroatoms. The zero-order chi connectivity index (χ0) is 13.0. The lowest BCUT2D eigenvalue weighted by atomic mass is 10.0. The Morgan fingerprint density at radius 1 is 1.17 bits per heavy atom. The minimum absolute atomic E-state index is 0.344. The third-order valence-corrected chi connectivity index (χ3v) is 2.89. The smallest absolute Gasteiger partial charge is 0.321 e. The predicted octanol–water partition coefficient (Wildman–Crippen LogP) is 4.13. The molecule has 0 aliphatic heterocycles. The van der Waals surface area contributed by atoms with E-state index in [2.05, 4.69) is 23.8 Å². The van der Waals surface area contributed by atoms with E-state index in [-0.39, 0.29) is 0 Å². The highest BCUT2D eigenvalue weighted by Gasteiger charge is 2.09. The first-order valence-electron chi connectivity index (χ1n) is 5.84. The van der Waals surface area contributed by atoms with Gasteiger partial charge in [0.1, 0.15) is 5.75 Å². The Labute approximate surface area is 112 Å². The van der Waals surface area contributed by atoms with Crippen LogP contribution in [0.1, 0.15) is 30.9 Å². The number of alkyl halides is 1. The average Bonchev–Trinajstić information content (AvgIpc) is 2.40. The third-order valence-electron chi connectivity index (χ3n) is 2.58. The summed E-state index contributed by atoms with van der Waals surface area (Å²) in [6.45, 7) is 4.25. The normalized spacial score (nSPS) is 10.7. The van der Waals surface area contributed by atoms with E-state index in [0.29, 0.717) is 17.8 Å². The van der Waals surface area contributed by atoms with Gasteiger partial charge in [-0.25, -0.2) is 9.97 Å². The Kier molecular flexibility index (Phi) is 4.15. The van der Waals surface area contributed by atoms with Gasteiger partial charge in [-0.3, -0.25) is 0 Å². The third kappa shape index (κ3) is 2.99. The van der Waals surface area contributed by atoms with E-state index >= 15 is 0 Å². The lowest BCUT2D eigenvalue weighted by Gasteiger charge is -2.12. The number of benzene rings is 1. The van der Waals surface area contributed by atoms with Gasteiger partial charge in [0, 0.05) is 18.0 Å². The maximum Gasteiger partial charge on any atom is 0.321 e. The quantitative estimate of drug-likeness (QED) is 0.777. The summed E-state index contributed by atoms with van der Waals surface area (Å²) in [5, 5.41) is 0. The second-order valence-electron chi connectivity index (χ2n) is 4.30. The number of aromatic nitrogens is 2. The van der Waals surface area contributed by atoms with Crippen molar-refractivity contribution in [1.82, 2.24) is 9.97 Å². The molecule has 0 saturated heterocycles. The summed E-state index contributed by atoms with van der Waals surface area (Å²) in [6.07, 6.45) is 3.35. The van der Waals surface area contributed by atoms with Crippen molar-refractivity contribution < 1.29 is 4.74 Å². The average molecular weight is 263 g/mol. The van der Waals surface area contributed by atoms with Gasteiger partial charge in [0.2, 0.25) is 0 Å². The van der Waals surface area contributed by atoms with Crippen LogP contribution < -0.4 is 4.74 Å². The van der Waals surface area contributed by atoms with Crippen molar-refractivity contribution >= 4 is 11.6 Å². The van der Waals surface area contributed by atoms with Gasteiger partial charge < -0.3 is 4.74 Å². The van der Waals surface area contributed by atoms with E-state index in [9.17, 15) is 0 Å². The van der Waals surface area contributed by atoms with Crippen molar-refractivity contribution in [2.45, 2.75) is 25.6 Å². The second kappa shape index (κ2) is 5.83. The van der Waals surface area contributed by atoms with Gasteiger partial charge in [-0.2, -0.15) is 0 Å². The maximum absolute atomic E-state index is 5.70. The van der Waals surface area contributed by atoms with E-state index in [4.69, 9.17) is 16.3 Å². The highest BCUT2D eigenvalue weighted by Crippen LogP contribution is 2.28. The number of halogens is 1. The van der Waals surface area contributed by atoms with Crippen molar-refractivity contribution in [2.24, 2.45) is 0 Å². The molecule has 0 unspecified atom stereocenters. The molecule has 0 radical (unpaired) electrons. The highest BCUT2D eigenvalue weighted by atomic mass is 35.5. The fraction of sp³-hybridized carbons (Fsp3) is 0.286. The molecule has 1 aromatic heterocycles. The first-order chi connectivity index (χ1) is 8.70. The molecule has 1 heterocycles. The minimum Gasteiger partial charge on any atom is -0.424 e. The zero-order valence-corrected chi connectivity index (χ0v) is 11.2. The lowest BCUT2D eigenvalue weighted by Crippen LogP contribution is -1.97. The van der Waals surface area contributed by atoms with E-state index in [1.165, 1.54) is 0 Å². The highest BCUT2D eigenvalue weighted by molar-refractivity contribution is 6.17. The number of nitrogens with zero attached hydrogens (tertiary/aromatic N) is 2. The monoisotopic (exact) mass is 262 g/mol. The summed E-state index contributed by atoms with van der Waals surface area (Å²) in [5.41, 5.74) is 2.02. The van der Waals surface area contributed by atoms with Crippen LogP contribution in [-0.2, 0) is 5.88 Å². The molecule has 3 nitrogen and oxygen atoms in total. The molecule has 0 aliphatic rings. The SMILES string of the molecule is CC(C)c1ccccc1Oc1ncc(CCl)cn1. The van der Waals surface area contributed by atoms with Crippen LogP contribution in [0.25, 0.3) is 0 Å². The van der Waals surface area contributed by atoms with Crippen molar-refractivity contribution in [3.8, 4) is 11.8 Å². The summed E-state index contributed by atoms with van der Waals surface area (Å²) in [6, 6.07) is 8.26. The number of rotatable bonds is 4. The summed E-state index contributed by atoms with van der Waals surface area (Å²) < 4.78 is 5.70. The standard InChI is InChI=1S/C14H15ClN2O/c1-10(2)12-5-3-4-6-13(12)18-14-16-8-11(7-15)9-17-14/h3-6,8-10H,7H2,1-2H3. The van der Waals surface area contributed by atoms with Crippen molar-refractivity contribution in [2.75, 3.05) is 0 Å². The van der Waals surface area contributed by atoms with E-state index < -0.39 is 0 Å². The number of hydrogen-bond acceptors (Lipinski definition) is 3. The Bertz CT molecular complexity index is 511. The molecule has 0 aliphatic carbocycles. The van der Waals surface area contributed by atoms with Crippen molar-refractivity contribution in [3.05, 3.63) is 47.8 Å². The summed E-state index contributed by atoms with van der Waals surface area (Å²) in [5.74, 6) is 1.59. The van der Waals surface area contributed by atoms with Crippen LogP contribution in [0.15, 0.2) is 36.7 Å². The minimum atomic E-state index is 0.344. The molecule has 0 atom stereocenters. The molecule has 0 amide bonds. The fourth-order valence-electron chi connectivity index (χ4n) is 1.61. The molecule has 2 rings (SSSR count). The van der Waals surface area contributed by atoms with Crippen LogP contribution in [0.5, 0.6) is 11.8 Å². The van der Waals surface area contributed by atoms with Crippen LogP contribution in [0.3, 0.4) is 0 Å². The van der Waals surface area contributed by atoms with Gasteiger partial charge in [-0.1, -0.05) is 32.0 Å². The van der Waals surface area contributed by atoms with Crippen LogP contribution in [0, 0.1) is 0 Å². The first kappa shape index (κ1) is 12.8. The molecule has 94 valence electrons. The van der Waals surface area contributed by atoms with Gasteiger partial charge in [-0.15, -0.1) is 11.6 Å². The number of para-hydroxylation sites is 1. The Morgan fingerprint density at radius 3 is 2.44 bits per heavy atom. The molecule has 0 spiro atoms. The topological polar surface area (TPSA) is 35.0 Å². The summed E-state index contributed by atoms with van der Waals surface area (Å²) in [4.78, 5) is 8.25. The van der Waals surface area contributed by atoms with E-state index in [0.717, 1.165) is 16.9 Å². The van der Waals surface area contributed by atoms with Gasteiger partial charge >= 0.3 is 6.01 Å². The fourth-order valence-corrected chi connectivity index (χ4v) is 1.75. The number of hydrogen-bond donors (Lipinski definition) is 0. The second-order valence-corrected chi connectivity index (χ2v) is 4.57. The predicted molar refractivity (Wildman–Crippen MR) is 72.2 cm³/mol. The van der Waals surface area contributed by atoms with Crippen LogP contribution in [-0.4, -0.2) is 9.97 Å². The van der Waals surface area contributed by atoms with Gasteiger partial charge in [-0.05, 0) is 17.5 Å². The molecular formula is C14H15ClN2O. The van der Waals surface area contributed by atoms with Gasteiger partial charge in [0.15, 0.2) is 0 Å². The molecule has 0 fully saturated rings. The molecule has 2 aromatic rings. The largest absolute Gasteiger partial charge is 0.424 e. The van der Waals surface area contributed by atoms with Crippen molar-refractivity contribution in [3.63, 3.8) is 0 Å². The van der Waals surface area contributed by atoms with Crippen LogP contribution >= 0.6 is 11.6 Å². The summed E-state index contributed by atoms with van der Waals surface area (Å²) in [7, 11) is 0.